The Hall–Kier alpha value is -3.39. The highest BCUT2D eigenvalue weighted by atomic mass is 35.5. The summed E-state index contributed by atoms with van der Waals surface area (Å²) in [7, 11) is 0. The van der Waals surface area contributed by atoms with Crippen LogP contribution in [0.15, 0.2) is 60.7 Å². The van der Waals surface area contributed by atoms with E-state index >= 15 is 0 Å². The van der Waals surface area contributed by atoms with E-state index < -0.39 is 24.9 Å². The van der Waals surface area contributed by atoms with Crippen LogP contribution in [0.3, 0.4) is 0 Å². The minimum Gasteiger partial charge on any atom is -0.329 e. The van der Waals surface area contributed by atoms with E-state index in [0.29, 0.717) is 27.8 Å². The maximum atomic E-state index is 13.2. The number of hydrazine groups is 1. The molecule has 0 bridgehead atoms. The molecule has 3 aromatic rings. The number of likely N-dealkylation sites (tertiary alicyclic amines) is 1. The lowest BCUT2D eigenvalue weighted by atomic mass is 10.0. The fraction of sp³-hybridized carbons (Fsp3) is 0.182. The van der Waals surface area contributed by atoms with Gasteiger partial charge >= 0.3 is 0 Å². The zero-order valence-electron chi connectivity index (χ0n) is 16.3. The summed E-state index contributed by atoms with van der Waals surface area (Å²) in [5.74, 6) is -2.74. The number of halogens is 3. The third-order valence-corrected chi connectivity index (χ3v) is 5.67. The van der Waals surface area contributed by atoms with Gasteiger partial charge in [0.15, 0.2) is 5.82 Å². The molecule has 9 heteroatoms. The molecule has 158 valence electrons. The van der Waals surface area contributed by atoms with E-state index in [2.05, 4.69) is 16.0 Å². The van der Waals surface area contributed by atoms with Crippen LogP contribution < -0.4 is 10.9 Å². The number of hydrogen-bond acceptors (Lipinski definition) is 4. The molecule has 1 fully saturated rings. The largest absolute Gasteiger partial charge is 0.329 e. The van der Waals surface area contributed by atoms with E-state index in [1.165, 1.54) is 4.68 Å². The molecule has 2 aliphatic heterocycles. The second-order valence-corrected chi connectivity index (χ2v) is 7.88. The molecule has 31 heavy (non-hydrogen) atoms. The van der Waals surface area contributed by atoms with Crippen molar-refractivity contribution in [2.75, 3.05) is 18.5 Å². The molecule has 0 spiro atoms. The highest BCUT2D eigenvalue weighted by Gasteiger charge is 2.46. The van der Waals surface area contributed by atoms with Gasteiger partial charge in [0.2, 0.25) is 5.91 Å². The predicted molar refractivity (Wildman–Crippen MR) is 115 cm³/mol. The molecule has 0 aliphatic carbocycles. The van der Waals surface area contributed by atoms with Crippen LogP contribution in [0.2, 0.25) is 0 Å². The first-order chi connectivity index (χ1) is 14.9. The number of fused-ring (bicyclic) bond motifs is 1. The summed E-state index contributed by atoms with van der Waals surface area (Å²) < 4.78 is 27.8. The number of carbonyl (C=O) groups is 1. The molecule has 0 radical (unpaired) electrons. The Morgan fingerprint density at radius 2 is 1.61 bits per heavy atom. The molecular weight excluding hydrogens is 424 g/mol. The van der Waals surface area contributed by atoms with Gasteiger partial charge in [-0.05, 0) is 0 Å². The summed E-state index contributed by atoms with van der Waals surface area (Å²) in [5, 5.41) is 5.07. The fourth-order valence-corrected chi connectivity index (χ4v) is 4.07. The van der Waals surface area contributed by atoms with Crippen molar-refractivity contribution in [3.63, 3.8) is 0 Å². The lowest BCUT2D eigenvalue weighted by Gasteiger charge is -2.38. The summed E-state index contributed by atoms with van der Waals surface area (Å²) in [4.78, 5) is 13.6. The first-order valence-corrected chi connectivity index (χ1v) is 10.1. The average Bonchev–Trinajstić information content (AvgIpc) is 3.12. The Morgan fingerprint density at radius 3 is 2.23 bits per heavy atom. The number of aromatic nitrogens is 2. The van der Waals surface area contributed by atoms with Crippen LogP contribution in [-0.2, 0) is 11.3 Å². The quantitative estimate of drug-likeness (QED) is 0.642. The van der Waals surface area contributed by atoms with Gasteiger partial charge < -0.3 is 4.90 Å². The second-order valence-electron chi connectivity index (χ2n) is 7.51. The molecule has 2 N–H and O–H groups in total. The molecule has 0 atom stereocenters. The number of nitrogens with one attached hydrogen (secondary N) is 2. The van der Waals surface area contributed by atoms with Crippen LogP contribution in [0.25, 0.3) is 22.0 Å². The Balaban J connectivity index is 1.57. The van der Waals surface area contributed by atoms with Crippen LogP contribution in [0.4, 0.5) is 14.6 Å². The maximum Gasteiger partial charge on any atom is 0.282 e. The minimum absolute atomic E-state index is 0.176. The van der Waals surface area contributed by atoms with Crippen molar-refractivity contribution in [3.8, 4) is 11.3 Å². The molecule has 1 saturated heterocycles. The molecule has 6 nitrogen and oxygen atoms in total. The Bertz CT molecular complexity index is 1170. The third kappa shape index (κ3) is 3.53. The molecule has 3 heterocycles. The van der Waals surface area contributed by atoms with Gasteiger partial charge in [-0.15, -0.1) is 0 Å². The van der Waals surface area contributed by atoms with Gasteiger partial charge in [0, 0.05) is 11.1 Å². The van der Waals surface area contributed by atoms with Crippen LogP contribution in [0, 0.1) is 0 Å². The van der Waals surface area contributed by atoms with E-state index in [-0.39, 0.29) is 6.54 Å². The van der Waals surface area contributed by atoms with E-state index in [4.69, 9.17) is 11.6 Å². The van der Waals surface area contributed by atoms with Crippen LogP contribution >= 0.6 is 11.6 Å². The smallest absolute Gasteiger partial charge is 0.282 e. The predicted octanol–water partition coefficient (Wildman–Crippen LogP) is 4.02. The fourth-order valence-electron chi connectivity index (χ4n) is 3.73. The number of anilines is 1. The zero-order chi connectivity index (χ0) is 21.6. The minimum atomic E-state index is -2.81. The molecule has 5 rings (SSSR count). The highest BCUT2D eigenvalue weighted by Crippen LogP contribution is 2.42. The van der Waals surface area contributed by atoms with E-state index in [1.54, 1.807) is 0 Å². The van der Waals surface area contributed by atoms with Crippen LogP contribution in [-0.4, -0.2) is 39.6 Å². The van der Waals surface area contributed by atoms with E-state index in [9.17, 15) is 13.6 Å². The summed E-state index contributed by atoms with van der Waals surface area (Å²) in [6.45, 7) is -1.30. The number of hydrogen-bond donors (Lipinski definition) is 2. The van der Waals surface area contributed by atoms with Crippen molar-refractivity contribution in [2.24, 2.45) is 0 Å². The van der Waals surface area contributed by atoms with Crippen molar-refractivity contribution < 1.29 is 13.6 Å². The lowest BCUT2D eigenvalue weighted by Crippen LogP contribution is -2.59. The number of amides is 1. The summed E-state index contributed by atoms with van der Waals surface area (Å²) in [6.07, 6.45) is 0. The molecule has 0 unspecified atom stereocenters. The van der Waals surface area contributed by atoms with E-state index in [0.717, 1.165) is 16.0 Å². The van der Waals surface area contributed by atoms with Gasteiger partial charge in [-0.2, -0.15) is 5.10 Å². The van der Waals surface area contributed by atoms with Crippen molar-refractivity contribution >= 4 is 34.1 Å². The molecular formula is C22H18ClF2N5O. The zero-order valence-corrected chi connectivity index (χ0v) is 17.0. The Labute approximate surface area is 182 Å². The molecule has 0 saturated carbocycles. The Morgan fingerprint density at radius 1 is 1.00 bits per heavy atom. The molecule has 2 aliphatic rings. The summed E-state index contributed by atoms with van der Waals surface area (Å²) in [6, 6.07) is 19.1. The van der Waals surface area contributed by atoms with Gasteiger partial charge in [-0.1, -0.05) is 72.3 Å². The monoisotopic (exact) mass is 441 g/mol. The maximum absolute atomic E-state index is 13.2. The standard InChI is InChI=1S/C22H18ClF2N5O/c23-18-17-19(14-7-3-1-4-8-14)28-30(11-16(31)29-12-22(24,25)13-29)21(17)27-26-20(18)15-9-5-2-6-10-15/h1-10,26-27H,11-13H2. The second kappa shape index (κ2) is 7.39. The topological polar surface area (TPSA) is 62.2 Å². The number of rotatable bonds is 4. The van der Waals surface area contributed by atoms with Crippen molar-refractivity contribution in [1.82, 2.24) is 20.1 Å². The van der Waals surface area contributed by atoms with Gasteiger partial charge in [0.1, 0.15) is 12.2 Å². The first-order valence-electron chi connectivity index (χ1n) is 9.72. The SMILES string of the molecule is O=C(Cn1nc(-c2ccccc2)c2c1NNC(c1ccccc1)=C2Cl)N1CC(F)(F)C1. The number of alkyl halides is 2. The number of nitrogens with zero attached hydrogens (tertiary/aromatic N) is 3. The molecule has 2 aromatic carbocycles. The lowest BCUT2D eigenvalue weighted by molar-refractivity contribution is -0.166. The summed E-state index contributed by atoms with van der Waals surface area (Å²) >= 11 is 6.82. The average molecular weight is 442 g/mol. The van der Waals surface area contributed by atoms with Crippen LogP contribution in [0.5, 0.6) is 0 Å². The number of carbonyl (C=O) groups excluding carboxylic acids is 1. The van der Waals surface area contributed by atoms with Gasteiger partial charge in [0.05, 0.1) is 29.4 Å². The van der Waals surface area contributed by atoms with Gasteiger partial charge in [-0.25, -0.2) is 13.5 Å². The highest BCUT2D eigenvalue weighted by molar-refractivity contribution is 6.53. The molecule has 1 amide bonds. The van der Waals surface area contributed by atoms with Crippen LogP contribution in [0.1, 0.15) is 11.1 Å². The van der Waals surface area contributed by atoms with Gasteiger partial charge in [0.25, 0.3) is 5.92 Å². The van der Waals surface area contributed by atoms with E-state index in [1.807, 2.05) is 60.7 Å². The van der Waals surface area contributed by atoms with Crippen molar-refractivity contribution in [2.45, 2.75) is 12.5 Å². The number of benzene rings is 2. The van der Waals surface area contributed by atoms with Crippen molar-refractivity contribution in [1.29, 1.82) is 0 Å². The van der Waals surface area contributed by atoms with Gasteiger partial charge in [-0.3, -0.25) is 15.6 Å². The first kappa shape index (κ1) is 19.6. The normalized spacial score (nSPS) is 16.8. The third-order valence-electron chi connectivity index (χ3n) is 5.29. The Kier molecular flexibility index (Phi) is 4.66. The summed E-state index contributed by atoms with van der Waals surface area (Å²) in [5.41, 5.74) is 9.81. The van der Waals surface area contributed by atoms with Crippen molar-refractivity contribution in [3.05, 3.63) is 71.8 Å². The molecule has 1 aromatic heterocycles.